The fourth-order valence-electron chi connectivity index (χ4n) is 4.51. The van der Waals surface area contributed by atoms with Crippen LogP contribution in [0, 0.1) is 0 Å². The Labute approximate surface area is 206 Å². The second-order valence-corrected chi connectivity index (χ2v) is 10.8. The van der Waals surface area contributed by atoms with Gasteiger partial charge >= 0.3 is 0 Å². The van der Waals surface area contributed by atoms with E-state index in [1.54, 1.807) is 23.0 Å². The quantitative estimate of drug-likeness (QED) is 0.376. The summed E-state index contributed by atoms with van der Waals surface area (Å²) in [7, 11) is 3.79. The van der Waals surface area contributed by atoms with Gasteiger partial charge in [0.2, 0.25) is 5.91 Å². The van der Waals surface area contributed by atoms with Gasteiger partial charge in [-0.1, -0.05) is 11.8 Å². The third-order valence-electron chi connectivity index (χ3n) is 6.36. The summed E-state index contributed by atoms with van der Waals surface area (Å²) < 4.78 is 12.5. The number of hydrogen-bond donors (Lipinski definition) is 2. The summed E-state index contributed by atoms with van der Waals surface area (Å²) >= 11 is 2.89. The first kappa shape index (κ1) is 23.3. The van der Waals surface area contributed by atoms with Crippen LogP contribution >= 0.6 is 23.1 Å². The molecule has 10 heteroatoms. The van der Waals surface area contributed by atoms with Crippen LogP contribution in [0.4, 0.5) is 0 Å². The number of nitrogens with zero attached hydrogens (tertiary/aromatic N) is 2. The van der Waals surface area contributed by atoms with Gasteiger partial charge in [0.05, 0.1) is 48.5 Å². The van der Waals surface area contributed by atoms with Crippen molar-refractivity contribution in [2.45, 2.75) is 37.1 Å². The van der Waals surface area contributed by atoms with Gasteiger partial charge < -0.3 is 19.7 Å². The van der Waals surface area contributed by atoms with Gasteiger partial charge in [-0.15, -0.1) is 11.3 Å². The Hall–Kier alpha value is -2.40. The highest BCUT2D eigenvalue weighted by Crippen LogP contribution is 2.32. The number of methoxy groups -OCH3 is 1. The Bertz CT molecular complexity index is 1250. The van der Waals surface area contributed by atoms with Crippen molar-refractivity contribution in [2.75, 3.05) is 39.6 Å². The minimum atomic E-state index is -0.0909. The maximum Gasteiger partial charge on any atom is 0.267 e. The van der Waals surface area contributed by atoms with E-state index >= 15 is 0 Å². The lowest BCUT2D eigenvalue weighted by molar-refractivity contribution is -0.895. The van der Waals surface area contributed by atoms with E-state index in [0.29, 0.717) is 23.1 Å². The van der Waals surface area contributed by atoms with Gasteiger partial charge in [-0.05, 0) is 42.7 Å². The molecule has 1 aromatic carbocycles. The molecule has 34 heavy (non-hydrogen) atoms. The highest BCUT2D eigenvalue weighted by molar-refractivity contribution is 7.99. The Morgan fingerprint density at radius 3 is 2.94 bits per heavy atom. The van der Waals surface area contributed by atoms with Gasteiger partial charge in [0.1, 0.15) is 17.1 Å². The SMILES string of the molecule is COc1ccc(-n2c(SCC(=O)NC[C@H]3CCCO3)nc3sc4c(c3c2=O)CC[NH+](C)C4)cc1. The highest BCUT2D eigenvalue weighted by Gasteiger charge is 2.26. The molecule has 2 aliphatic heterocycles. The molecule has 3 aromatic rings. The van der Waals surface area contributed by atoms with E-state index in [1.807, 2.05) is 24.3 Å². The summed E-state index contributed by atoms with van der Waals surface area (Å²) in [6.45, 7) is 3.19. The molecule has 0 spiro atoms. The number of carbonyl (C=O) groups excluding carboxylic acids is 1. The average molecular weight is 502 g/mol. The molecule has 4 heterocycles. The molecule has 180 valence electrons. The summed E-state index contributed by atoms with van der Waals surface area (Å²) in [5.41, 5.74) is 1.77. The average Bonchev–Trinajstić information content (AvgIpc) is 3.49. The summed E-state index contributed by atoms with van der Waals surface area (Å²) in [6.07, 6.45) is 2.98. The molecule has 1 fully saturated rings. The molecular weight excluding hydrogens is 472 g/mol. The largest absolute Gasteiger partial charge is 0.497 e. The van der Waals surface area contributed by atoms with Crippen LogP contribution in [0.3, 0.4) is 0 Å². The van der Waals surface area contributed by atoms with Gasteiger partial charge in [-0.25, -0.2) is 4.98 Å². The van der Waals surface area contributed by atoms with Crippen molar-refractivity contribution in [3.8, 4) is 11.4 Å². The van der Waals surface area contributed by atoms with Crippen molar-refractivity contribution in [1.29, 1.82) is 0 Å². The fraction of sp³-hybridized carbons (Fsp3) is 0.458. The molecule has 2 aliphatic rings. The molecule has 0 radical (unpaired) electrons. The van der Waals surface area contributed by atoms with Crippen LogP contribution in [0.2, 0.25) is 0 Å². The van der Waals surface area contributed by atoms with Gasteiger partial charge in [0, 0.05) is 19.6 Å². The van der Waals surface area contributed by atoms with Crippen LogP contribution in [-0.2, 0) is 22.5 Å². The van der Waals surface area contributed by atoms with Crippen molar-refractivity contribution in [1.82, 2.24) is 14.9 Å². The maximum absolute atomic E-state index is 13.8. The topological polar surface area (TPSA) is 86.9 Å². The molecule has 2 N–H and O–H groups in total. The monoisotopic (exact) mass is 501 g/mol. The van der Waals surface area contributed by atoms with Crippen molar-refractivity contribution in [2.24, 2.45) is 0 Å². The number of fused-ring (bicyclic) bond motifs is 3. The number of thiophene rings is 1. The predicted octanol–water partition coefficient (Wildman–Crippen LogP) is 1.41. The van der Waals surface area contributed by atoms with Crippen LogP contribution in [0.5, 0.6) is 5.75 Å². The Kier molecular flexibility index (Phi) is 6.91. The van der Waals surface area contributed by atoms with E-state index in [9.17, 15) is 9.59 Å². The van der Waals surface area contributed by atoms with E-state index in [0.717, 1.165) is 54.7 Å². The normalized spacial score (nSPS) is 19.8. The molecule has 5 rings (SSSR count). The number of nitrogens with one attached hydrogen (secondary N) is 2. The molecule has 1 unspecified atom stereocenters. The molecule has 8 nitrogen and oxygen atoms in total. The van der Waals surface area contributed by atoms with Crippen molar-refractivity contribution in [3.63, 3.8) is 0 Å². The molecule has 0 aliphatic carbocycles. The smallest absolute Gasteiger partial charge is 0.267 e. The number of hydrogen-bond acceptors (Lipinski definition) is 7. The fourth-order valence-corrected chi connectivity index (χ4v) is 6.73. The van der Waals surface area contributed by atoms with E-state index in [2.05, 4.69) is 12.4 Å². The Morgan fingerprint density at radius 2 is 2.21 bits per heavy atom. The lowest BCUT2D eigenvalue weighted by Crippen LogP contribution is -3.08. The minimum absolute atomic E-state index is 0.0746. The summed E-state index contributed by atoms with van der Waals surface area (Å²) in [5.74, 6) is 0.804. The maximum atomic E-state index is 13.8. The van der Waals surface area contributed by atoms with Gasteiger partial charge in [-0.3, -0.25) is 14.2 Å². The molecule has 0 bridgehead atoms. The van der Waals surface area contributed by atoms with Crippen LogP contribution in [0.15, 0.2) is 34.2 Å². The molecule has 2 atom stereocenters. The Morgan fingerprint density at radius 1 is 1.38 bits per heavy atom. The number of carbonyl (C=O) groups is 1. The van der Waals surface area contributed by atoms with Crippen LogP contribution in [-0.4, -0.2) is 61.2 Å². The third kappa shape index (κ3) is 4.72. The molecule has 1 amide bonds. The molecule has 2 aromatic heterocycles. The predicted molar refractivity (Wildman–Crippen MR) is 134 cm³/mol. The van der Waals surface area contributed by atoms with Gasteiger partial charge in [0.25, 0.3) is 5.56 Å². The van der Waals surface area contributed by atoms with E-state index < -0.39 is 0 Å². The lowest BCUT2D eigenvalue weighted by Gasteiger charge is -2.19. The van der Waals surface area contributed by atoms with Crippen LogP contribution in [0.1, 0.15) is 23.3 Å². The first-order chi connectivity index (χ1) is 16.5. The molecule has 1 saturated heterocycles. The van der Waals surface area contributed by atoms with E-state index in [-0.39, 0.29) is 23.3 Å². The number of benzene rings is 1. The van der Waals surface area contributed by atoms with Crippen molar-refractivity contribution in [3.05, 3.63) is 45.1 Å². The van der Waals surface area contributed by atoms with E-state index in [4.69, 9.17) is 14.5 Å². The number of rotatable bonds is 7. The van der Waals surface area contributed by atoms with Crippen molar-refractivity contribution >= 4 is 39.2 Å². The van der Waals surface area contributed by atoms with Crippen LogP contribution in [0.25, 0.3) is 15.9 Å². The highest BCUT2D eigenvalue weighted by atomic mass is 32.2. The minimum Gasteiger partial charge on any atom is -0.497 e. The van der Waals surface area contributed by atoms with E-state index in [1.165, 1.54) is 21.5 Å². The van der Waals surface area contributed by atoms with Crippen molar-refractivity contribution < 1.29 is 19.2 Å². The number of ether oxygens (including phenoxy) is 2. The number of amides is 1. The zero-order valence-corrected chi connectivity index (χ0v) is 21.0. The number of aromatic nitrogens is 2. The number of thioether (sulfide) groups is 1. The Balaban J connectivity index is 1.48. The van der Waals surface area contributed by atoms with Crippen LogP contribution < -0.4 is 20.5 Å². The standard InChI is InChI=1S/C24H28N4O4S2/c1-27-10-9-18-19(13-27)34-22-21(18)23(30)28(15-5-7-16(31-2)8-6-15)24(26-22)33-14-20(29)25-12-17-4-3-11-32-17/h5-8,17H,3-4,9-14H2,1-2H3,(H,25,29)/p+1/t17-/m1/s1. The number of likely N-dealkylation sites (N-methyl/N-ethyl adjacent to an activating group) is 1. The zero-order valence-electron chi connectivity index (χ0n) is 19.4. The third-order valence-corrected chi connectivity index (χ3v) is 8.42. The first-order valence-electron chi connectivity index (χ1n) is 11.6. The second kappa shape index (κ2) is 10.1. The zero-order chi connectivity index (χ0) is 23.7. The molecule has 0 saturated carbocycles. The summed E-state index contributed by atoms with van der Waals surface area (Å²) in [6, 6.07) is 7.37. The summed E-state index contributed by atoms with van der Waals surface area (Å²) in [5, 5.41) is 4.19. The lowest BCUT2D eigenvalue weighted by atomic mass is 10.1. The molecular formula is C24H29N4O4S2+. The number of quaternary nitrogens is 1. The first-order valence-corrected chi connectivity index (χ1v) is 13.4. The van der Waals surface area contributed by atoms with Gasteiger partial charge in [-0.2, -0.15) is 0 Å². The van der Waals surface area contributed by atoms with Gasteiger partial charge in [0.15, 0.2) is 5.16 Å². The summed E-state index contributed by atoms with van der Waals surface area (Å²) in [4.78, 5) is 34.7. The second-order valence-electron chi connectivity index (χ2n) is 8.78.